The fourth-order valence-corrected chi connectivity index (χ4v) is 11.5. The Kier molecular flexibility index (Phi) is 8.26. The highest BCUT2D eigenvalue weighted by Gasteiger charge is 2.19. The van der Waals surface area contributed by atoms with E-state index >= 15 is 0 Å². The SMILES string of the molecule is c1ccc2c(c1)oc1c(-n3c4ccccc4c4cc(-c5ccc(N(c6ccc(-c7csc8ccccc78)cc6)c6ccc(-c7csc8ccccc78)cc6)cc5)ccc43)cccc12. The summed E-state index contributed by atoms with van der Waals surface area (Å²) in [5.41, 5.74) is 15.8. The third-order valence-electron chi connectivity index (χ3n) is 12.6. The van der Waals surface area contributed by atoms with E-state index in [-0.39, 0.29) is 0 Å². The quantitative estimate of drug-likeness (QED) is 0.159. The van der Waals surface area contributed by atoms with Gasteiger partial charge < -0.3 is 13.9 Å². The van der Waals surface area contributed by atoms with E-state index in [0.29, 0.717) is 0 Å². The van der Waals surface area contributed by atoms with Gasteiger partial charge in [-0.3, -0.25) is 0 Å². The molecule has 0 N–H and O–H groups in total. The number of fused-ring (bicyclic) bond motifs is 8. The van der Waals surface area contributed by atoms with Crippen molar-refractivity contribution in [2.45, 2.75) is 0 Å². The number of furan rings is 1. The van der Waals surface area contributed by atoms with E-state index in [1.165, 1.54) is 58.8 Å². The van der Waals surface area contributed by atoms with E-state index in [2.05, 4.69) is 220 Å². The first-order valence-electron chi connectivity index (χ1n) is 21.2. The lowest BCUT2D eigenvalue weighted by Gasteiger charge is -2.26. The number of rotatable bonds is 7. The zero-order valence-corrected chi connectivity index (χ0v) is 35.5. The molecule has 13 rings (SSSR count). The molecule has 0 fully saturated rings. The molecule has 0 saturated heterocycles. The molecule has 0 saturated carbocycles. The summed E-state index contributed by atoms with van der Waals surface area (Å²) < 4.78 is 11.5. The first-order valence-corrected chi connectivity index (χ1v) is 23.0. The minimum atomic E-state index is 0.898. The second kappa shape index (κ2) is 14.5. The van der Waals surface area contributed by atoms with Gasteiger partial charge in [0, 0.05) is 69.9 Å². The van der Waals surface area contributed by atoms with Crippen molar-refractivity contribution < 1.29 is 4.42 Å². The van der Waals surface area contributed by atoms with Crippen molar-refractivity contribution in [3.63, 3.8) is 0 Å². The van der Waals surface area contributed by atoms with E-state index in [1.807, 2.05) is 6.07 Å². The average molecular weight is 841 g/mol. The van der Waals surface area contributed by atoms with Crippen molar-refractivity contribution in [3.05, 3.63) is 217 Å². The van der Waals surface area contributed by atoms with Gasteiger partial charge in [-0.05, 0) is 112 Å². The Morgan fingerprint density at radius 3 is 1.49 bits per heavy atom. The second-order valence-corrected chi connectivity index (χ2v) is 17.9. The summed E-state index contributed by atoms with van der Waals surface area (Å²) in [6.45, 7) is 0. The van der Waals surface area contributed by atoms with E-state index in [9.17, 15) is 0 Å². The van der Waals surface area contributed by atoms with Gasteiger partial charge >= 0.3 is 0 Å². The van der Waals surface area contributed by atoms with Crippen LogP contribution in [0.2, 0.25) is 0 Å². The van der Waals surface area contributed by atoms with Crippen molar-refractivity contribution in [1.29, 1.82) is 0 Å². The number of para-hydroxylation sites is 3. The molecule has 4 heterocycles. The number of anilines is 3. The monoisotopic (exact) mass is 840 g/mol. The number of benzene rings is 9. The van der Waals surface area contributed by atoms with Gasteiger partial charge in [0.05, 0.1) is 16.7 Å². The molecule has 0 spiro atoms. The fourth-order valence-electron chi connectivity index (χ4n) is 9.55. The third-order valence-corrected chi connectivity index (χ3v) is 14.5. The van der Waals surface area contributed by atoms with Crippen LogP contribution in [0.5, 0.6) is 0 Å². The zero-order chi connectivity index (χ0) is 41.4. The molecule has 9 aromatic carbocycles. The van der Waals surface area contributed by atoms with Crippen LogP contribution in [0.25, 0.3) is 103 Å². The van der Waals surface area contributed by atoms with Crippen LogP contribution in [0.1, 0.15) is 0 Å². The summed E-state index contributed by atoms with van der Waals surface area (Å²) >= 11 is 3.60. The lowest BCUT2D eigenvalue weighted by molar-refractivity contribution is 0.666. The molecule has 0 amide bonds. The predicted molar refractivity (Wildman–Crippen MR) is 270 cm³/mol. The maximum absolute atomic E-state index is 6.54. The maximum Gasteiger partial charge on any atom is 0.159 e. The highest BCUT2D eigenvalue weighted by molar-refractivity contribution is 7.18. The predicted octanol–water partition coefficient (Wildman–Crippen LogP) is 17.6. The van der Waals surface area contributed by atoms with Crippen LogP contribution in [-0.2, 0) is 0 Å². The van der Waals surface area contributed by atoms with Crippen LogP contribution in [0.3, 0.4) is 0 Å². The Morgan fingerprint density at radius 1 is 0.365 bits per heavy atom. The van der Waals surface area contributed by atoms with Gasteiger partial charge in [-0.1, -0.05) is 127 Å². The Morgan fingerprint density at radius 2 is 0.857 bits per heavy atom. The van der Waals surface area contributed by atoms with Crippen LogP contribution in [-0.4, -0.2) is 4.57 Å². The van der Waals surface area contributed by atoms with E-state index in [4.69, 9.17) is 4.42 Å². The molecular formula is C58H36N2OS2. The first-order chi connectivity index (χ1) is 31.2. The smallest absolute Gasteiger partial charge is 0.159 e. The summed E-state index contributed by atoms with van der Waals surface area (Å²) in [6.07, 6.45) is 0. The first kappa shape index (κ1) is 36.0. The standard InChI is InChI=1S/C58H36N2OS2/c1-5-15-52-44(10-1)49-34-40(26-33-53(49)60(52)54-16-9-14-48-45-11-2-6-17-55(45)61-58(48)54)37-20-27-41(28-21-37)59(42-29-22-38(23-30-42)50-35-62-56-18-7-3-12-46(50)56)43-31-24-39(25-32-43)51-36-63-57-19-8-4-13-47(51)57/h1-36H. The van der Waals surface area contributed by atoms with Crippen LogP contribution in [0.4, 0.5) is 17.1 Å². The lowest BCUT2D eigenvalue weighted by Crippen LogP contribution is -2.09. The summed E-state index contributed by atoms with van der Waals surface area (Å²) in [5, 5.41) is 11.8. The molecule has 0 radical (unpaired) electrons. The van der Waals surface area contributed by atoms with Crippen LogP contribution >= 0.6 is 22.7 Å². The highest BCUT2D eigenvalue weighted by atomic mass is 32.1. The molecule has 0 atom stereocenters. The number of hydrogen-bond acceptors (Lipinski definition) is 4. The second-order valence-electron chi connectivity index (χ2n) is 16.1. The molecule has 296 valence electrons. The number of thiophene rings is 2. The molecule has 63 heavy (non-hydrogen) atoms. The minimum absolute atomic E-state index is 0.898. The molecule has 3 nitrogen and oxygen atoms in total. The minimum Gasteiger partial charge on any atom is -0.454 e. The van der Waals surface area contributed by atoms with Crippen LogP contribution < -0.4 is 4.90 Å². The molecule has 5 heteroatoms. The molecule has 0 aliphatic rings. The molecule has 0 bridgehead atoms. The third kappa shape index (κ3) is 5.85. The molecule has 0 aliphatic heterocycles. The summed E-state index contributed by atoms with van der Waals surface area (Å²) in [6, 6.07) is 74.8. The van der Waals surface area contributed by atoms with E-state index in [0.717, 1.165) is 61.3 Å². The van der Waals surface area contributed by atoms with Crippen LogP contribution in [0.15, 0.2) is 221 Å². The maximum atomic E-state index is 6.54. The van der Waals surface area contributed by atoms with E-state index < -0.39 is 0 Å². The van der Waals surface area contributed by atoms with E-state index in [1.54, 1.807) is 22.7 Å². The van der Waals surface area contributed by atoms with Crippen molar-refractivity contribution in [3.8, 4) is 39.1 Å². The summed E-state index contributed by atoms with van der Waals surface area (Å²) in [7, 11) is 0. The largest absolute Gasteiger partial charge is 0.454 e. The number of aromatic nitrogens is 1. The molecule has 0 unspecified atom stereocenters. The molecule has 0 aliphatic carbocycles. The van der Waals surface area contributed by atoms with Gasteiger partial charge in [0.25, 0.3) is 0 Å². The number of nitrogens with zero attached hydrogens (tertiary/aromatic N) is 2. The highest BCUT2D eigenvalue weighted by Crippen LogP contribution is 2.43. The lowest BCUT2D eigenvalue weighted by atomic mass is 10.0. The van der Waals surface area contributed by atoms with Crippen molar-refractivity contribution in [2.24, 2.45) is 0 Å². The van der Waals surface area contributed by atoms with Gasteiger partial charge in [0.15, 0.2) is 5.58 Å². The molecule has 4 aromatic heterocycles. The van der Waals surface area contributed by atoms with Crippen molar-refractivity contribution in [1.82, 2.24) is 4.57 Å². The zero-order valence-electron chi connectivity index (χ0n) is 33.9. The Bertz CT molecular complexity index is 3730. The molecule has 13 aromatic rings. The van der Waals surface area contributed by atoms with Gasteiger partial charge in [-0.25, -0.2) is 0 Å². The normalized spacial score (nSPS) is 11.8. The summed E-state index contributed by atoms with van der Waals surface area (Å²) in [4.78, 5) is 2.37. The van der Waals surface area contributed by atoms with Gasteiger partial charge in [0.1, 0.15) is 5.58 Å². The van der Waals surface area contributed by atoms with Gasteiger partial charge in [-0.15, -0.1) is 22.7 Å². The Hall–Kier alpha value is -7.70. The Balaban J connectivity index is 0.894. The number of hydrogen-bond donors (Lipinski definition) is 0. The Labute approximate surface area is 371 Å². The molecular weight excluding hydrogens is 805 g/mol. The summed E-state index contributed by atoms with van der Waals surface area (Å²) in [5.74, 6) is 0. The van der Waals surface area contributed by atoms with Crippen molar-refractivity contribution >= 4 is 104 Å². The average Bonchev–Trinajstić information content (AvgIpc) is 4.14. The van der Waals surface area contributed by atoms with Crippen LogP contribution in [0, 0.1) is 0 Å². The van der Waals surface area contributed by atoms with Gasteiger partial charge in [0.2, 0.25) is 0 Å². The topological polar surface area (TPSA) is 21.3 Å². The van der Waals surface area contributed by atoms with Crippen molar-refractivity contribution in [2.75, 3.05) is 4.90 Å². The fraction of sp³-hybridized carbons (Fsp3) is 0. The van der Waals surface area contributed by atoms with Gasteiger partial charge in [-0.2, -0.15) is 0 Å².